The van der Waals surface area contributed by atoms with Crippen molar-refractivity contribution in [2.75, 3.05) is 19.7 Å². The summed E-state index contributed by atoms with van der Waals surface area (Å²) in [5.74, 6) is -1.03. The number of rotatable bonds is 11. The molecule has 1 saturated heterocycles. The quantitative estimate of drug-likeness (QED) is 0.316. The molecular formula is C20H29N2O6P. The fraction of sp³-hybridized carbons (Fsp3) is 0.600. The van der Waals surface area contributed by atoms with Crippen molar-refractivity contribution in [2.45, 2.75) is 56.5 Å². The zero-order chi connectivity index (χ0) is 21.3. The number of hydrogen-bond acceptors (Lipinski definition) is 6. The number of carbonyl (C=O) groups excluding carboxylic acids is 1. The van der Waals surface area contributed by atoms with E-state index in [1.807, 2.05) is 6.07 Å². The number of ether oxygens (including phenoxy) is 1. The summed E-state index contributed by atoms with van der Waals surface area (Å²) in [5, 5.41) is 24.4. The lowest BCUT2D eigenvalue weighted by Gasteiger charge is -2.37. The number of carboxylic acids is 1. The summed E-state index contributed by atoms with van der Waals surface area (Å²) in [6.07, 6.45) is 2.64. The van der Waals surface area contributed by atoms with E-state index in [9.17, 15) is 19.3 Å². The van der Waals surface area contributed by atoms with Crippen LogP contribution in [0.25, 0.3) is 0 Å². The summed E-state index contributed by atoms with van der Waals surface area (Å²) >= 11 is 0. The highest BCUT2D eigenvalue weighted by Gasteiger charge is 2.40. The van der Waals surface area contributed by atoms with Crippen LogP contribution >= 0.6 is 8.46 Å². The Bertz CT molecular complexity index is 708. The first-order valence-corrected chi connectivity index (χ1v) is 10.6. The van der Waals surface area contributed by atoms with Crippen LogP contribution in [0.2, 0.25) is 0 Å². The van der Waals surface area contributed by atoms with Gasteiger partial charge in [0.25, 0.3) is 0 Å². The van der Waals surface area contributed by atoms with Gasteiger partial charge in [-0.15, -0.1) is 0 Å². The van der Waals surface area contributed by atoms with Crippen LogP contribution in [0.1, 0.15) is 48.5 Å². The number of benzene rings is 1. The van der Waals surface area contributed by atoms with E-state index in [0.717, 1.165) is 18.4 Å². The maximum atomic E-state index is 11.6. The molecule has 2 rings (SSSR count). The van der Waals surface area contributed by atoms with Gasteiger partial charge >= 0.3 is 5.97 Å². The molecule has 0 spiro atoms. The molecule has 1 fully saturated rings. The molecule has 1 aromatic carbocycles. The van der Waals surface area contributed by atoms with Crippen LogP contribution in [-0.2, 0) is 20.5 Å². The molecule has 0 saturated carbocycles. The summed E-state index contributed by atoms with van der Waals surface area (Å²) in [6.45, 7) is 2.76. The van der Waals surface area contributed by atoms with Gasteiger partial charge in [0.2, 0.25) is 5.91 Å². The highest BCUT2D eigenvalue weighted by molar-refractivity contribution is 7.25. The maximum Gasteiger partial charge on any atom is 0.335 e. The van der Waals surface area contributed by atoms with E-state index in [1.54, 1.807) is 18.2 Å². The second kappa shape index (κ2) is 11.4. The van der Waals surface area contributed by atoms with Crippen LogP contribution < -0.4 is 10.6 Å². The summed E-state index contributed by atoms with van der Waals surface area (Å²) < 4.78 is 17.4. The van der Waals surface area contributed by atoms with Crippen LogP contribution in [-0.4, -0.2) is 59.3 Å². The zero-order valence-corrected chi connectivity index (χ0v) is 17.5. The average molecular weight is 424 g/mol. The number of aromatic carboxylic acids is 1. The molecule has 29 heavy (non-hydrogen) atoms. The fourth-order valence-corrected chi connectivity index (χ4v) is 3.92. The third kappa shape index (κ3) is 7.48. The molecule has 1 aliphatic rings. The van der Waals surface area contributed by atoms with Gasteiger partial charge in [-0.3, -0.25) is 9.36 Å². The van der Waals surface area contributed by atoms with E-state index in [1.165, 1.54) is 6.92 Å². The molecule has 0 radical (unpaired) electrons. The molecule has 4 N–H and O–H groups in total. The Labute approximate surface area is 172 Å². The van der Waals surface area contributed by atoms with Crippen LogP contribution in [0, 0.1) is 0 Å². The van der Waals surface area contributed by atoms with Crippen molar-refractivity contribution in [3.8, 4) is 0 Å². The van der Waals surface area contributed by atoms with Gasteiger partial charge in [0.1, 0.15) is 6.10 Å². The van der Waals surface area contributed by atoms with Crippen molar-refractivity contribution >= 4 is 20.3 Å². The first kappa shape index (κ1) is 23.4. The predicted molar refractivity (Wildman–Crippen MR) is 108 cm³/mol. The van der Waals surface area contributed by atoms with E-state index in [2.05, 4.69) is 10.6 Å². The molecular weight excluding hydrogens is 395 g/mol. The van der Waals surface area contributed by atoms with Gasteiger partial charge in [-0.1, -0.05) is 18.6 Å². The van der Waals surface area contributed by atoms with Crippen LogP contribution in [0.4, 0.5) is 0 Å². The third-order valence-electron chi connectivity index (χ3n) is 5.02. The topological polar surface area (TPSA) is 125 Å². The first-order chi connectivity index (χ1) is 13.8. The first-order valence-electron chi connectivity index (χ1n) is 9.82. The lowest BCUT2D eigenvalue weighted by Crippen LogP contribution is -2.54. The van der Waals surface area contributed by atoms with E-state index >= 15 is 0 Å². The van der Waals surface area contributed by atoms with E-state index < -0.39 is 17.4 Å². The molecule has 1 heterocycles. The maximum absolute atomic E-state index is 11.6. The molecule has 1 aliphatic heterocycles. The Morgan fingerprint density at radius 1 is 1.34 bits per heavy atom. The van der Waals surface area contributed by atoms with Crippen molar-refractivity contribution in [3.05, 3.63) is 35.4 Å². The predicted octanol–water partition coefficient (Wildman–Crippen LogP) is 1.96. The summed E-state index contributed by atoms with van der Waals surface area (Å²) in [5.41, 5.74) is 1.14. The molecule has 0 bridgehead atoms. The Balaban J connectivity index is 1.78. The highest BCUT2D eigenvalue weighted by Crippen LogP contribution is 2.33. The third-order valence-corrected chi connectivity index (χ3v) is 5.84. The molecule has 1 unspecified atom stereocenters. The monoisotopic (exact) mass is 424 g/mol. The number of nitrogens with one attached hydrogen (secondary N) is 2. The van der Waals surface area contributed by atoms with Gasteiger partial charge < -0.3 is 25.6 Å². The Kier molecular flexibility index (Phi) is 9.17. The minimum atomic E-state index is -1.45. The standard InChI is InChI=1S/C20H29N2O6P/c1-14(23)21-9-4-2-3-8-20(26,29-27)18-12-22-17(13-28-18)11-15-6-5-7-16(10-15)19(24)25/h5-7,10,17-18,22,26H,2-4,8-9,11-13H2,1H3,(H,21,23)(H,24,25)/t17-,18-,20?/m1/s1. The number of amides is 1. The Morgan fingerprint density at radius 2 is 2.14 bits per heavy atom. The second-order valence-corrected chi connectivity index (χ2v) is 8.36. The summed E-state index contributed by atoms with van der Waals surface area (Å²) in [7, 11) is -0.365. The number of morpholine rings is 1. The number of aliphatic hydroxyl groups is 1. The fourth-order valence-electron chi connectivity index (χ4n) is 3.38. The van der Waals surface area contributed by atoms with E-state index in [4.69, 9.17) is 9.84 Å². The average Bonchev–Trinajstić information content (AvgIpc) is 2.71. The Morgan fingerprint density at radius 3 is 2.76 bits per heavy atom. The summed E-state index contributed by atoms with van der Waals surface area (Å²) in [4.78, 5) is 21.9. The molecule has 9 heteroatoms. The number of carbonyl (C=O) groups is 2. The normalized spacial score (nSPS) is 21.4. The Hall–Kier alpha value is -1.86. The molecule has 160 valence electrons. The molecule has 8 nitrogen and oxygen atoms in total. The zero-order valence-electron chi connectivity index (χ0n) is 16.6. The molecule has 1 amide bonds. The van der Waals surface area contributed by atoms with Crippen molar-refractivity contribution in [2.24, 2.45) is 0 Å². The largest absolute Gasteiger partial charge is 0.478 e. The minimum absolute atomic E-state index is 0.0134. The van der Waals surface area contributed by atoms with Gasteiger partial charge in [-0.2, -0.15) is 0 Å². The molecule has 0 aromatic heterocycles. The van der Waals surface area contributed by atoms with Gasteiger partial charge in [0.05, 0.1) is 12.2 Å². The van der Waals surface area contributed by atoms with Gasteiger partial charge in [-0.25, -0.2) is 4.79 Å². The number of hydrogen-bond donors (Lipinski definition) is 4. The minimum Gasteiger partial charge on any atom is -0.478 e. The SMILES string of the molecule is CC(=O)NCCCCCC(O)(P=O)[C@H]1CN[C@H](Cc2cccc(C(=O)O)c2)CO1. The van der Waals surface area contributed by atoms with E-state index in [0.29, 0.717) is 39.0 Å². The van der Waals surface area contributed by atoms with Crippen LogP contribution in [0.5, 0.6) is 0 Å². The van der Waals surface area contributed by atoms with Crippen molar-refractivity contribution in [3.63, 3.8) is 0 Å². The van der Waals surface area contributed by atoms with Crippen molar-refractivity contribution in [1.29, 1.82) is 0 Å². The van der Waals surface area contributed by atoms with Crippen molar-refractivity contribution < 1.29 is 29.1 Å². The number of unbranched alkanes of at least 4 members (excludes halogenated alkanes) is 2. The molecule has 3 atom stereocenters. The highest BCUT2D eigenvalue weighted by atomic mass is 31.1. The number of carboxylic acid groups (broad SMARTS) is 1. The second-order valence-electron chi connectivity index (χ2n) is 7.40. The lowest BCUT2D eigenvalue weighted by molar-refractivity contribution is -0.118. The van der Waals surface area contributed by atoms with Gasteiger partial charge in [0.15, 0.2) is 13.8 Å². The molecule has 1 aromatic rings. The van der Waals surface area contributed by atoms with Crippen LogP contribution in [0.15, 0.2) is 24.3 Å². The smallest absolute Gasteiger partial charge is 0.335 e. The molecule has 0 aliphatic carbocycles. The van der Waals surface area contributed by atoms with Crippen molar-refractivity contribution in [1.82, 2.24) is 10.6 Å². The lowest BCUT2D eigenvalue weighted by atomic mass is 10.00. The van der Waals surface area contributed by atoms with E-state index in [-0.39, 0.29) is 26.0 Å². The van der Waals surface area contributed by atoms with Gasteiger partial charge in [0, 0.05) is 26.1 Å². The summed E-state index contributed by atoms with van der Waals surface area (Å²) in [6, 6.07) is 6.76. The van der Waals surface area contributed by atoms with Gasteiger partial charge in [-0.05, 0) is 43.4 Å². The van der Waals surface area contributed by atoms with Crippen LogP contribution in [0.3, 0.4) is 0 Å².